The first kappa shape index (κ1) is 12.2. The molecule has 0 bridgehead atoms. The molecule has 1 aromatic rings. The first-order valence-corrected chi connectivity index (χ1v) is 5.11. The van der Waals surface area contributed by atoms with Gasteiger partial charge in [-0.3, -0.25) is 0 Å². The number of carbonyl (C=O) groups excluding carboxylic acids is 1. The zero-order valence-electron chi connectivity index (χ0n) is 9.54. The van der Waals surface area contributed by atoms with Crippen LogP contribution in [0, 0.1) is 0 Å². The van der Waals surface area contributed by atoms with Crippen molar-refractivity contribution < 1.29 is 9.53 Å². The molecule has 0 amide bonds. The van der Waals surface area contributed by atoms with Gasteiger partial charge in [-0.25, -0.2) is 4.79 Å². The molecule has 16 heavy (non-hydrogen) atoms. The Balaban J connectivity index is 3.15. The predicted molar refractivity (Wildman–Crippen MR) is 65.4 cm³/mol. The lowest BCUT2D eigenvalue weighted by atomic mass is 10.1. The molecule has 0 aliphatic carbocycles. The highest BCUT2D eigenvalue weighted by atomic mass is 16.5. The molecule has 0 aromatic heterocycles. The molecular formula is C11H17N3O2. The number of benzene rings is 1. The second kappa shape index (κ2) is 5.25. The second-order valence-corrected chi connectivity index (χ2v) is 3.45. The zero-order chi connectivity index (χ0) is 12.1. The molecule has 88 valence electrons. The minimum absolute atomic E-state index is 0.369. The monoisotopic (exact) mass is 223 g/mol. The quantitative estimate of drug-likeness (QED) is 0.531. The van der Waals surface area contributed by atoms with Crippen molar-refractivity contribution in [3.05, 3.63) is 17.7 Å². The van der Waals surface area contributed by atoms with Crippen molar-refractivity contribution in [2.75, 3.05) is 30.4 Å². The molecule has 0 atom stereocenters. The van der Waals surface area contributed by atoms with Crippen molar-refractivity contribution >= 4 is 23.0 Å². The fourth-order valence-electron chi connectivity index (χ4n) is 1.41. The van der Waals surface area contributed by atoms with Crippen LogP contribution in [0.3, 0.4) is 0 Å². The Morgan fingerprint density at radius 2 is 2.12 bits per heavy atom. The fourth-order valence-corrected chi connectivity index (χ4v) is 1.41. The standard InChI is InChI=1S/C11H17N3O2/c1-3-4-14-10-8(11(15)16-2)5-7(12)6-9(10)13/h5-6,14H,3-4,12-13H2,1-2H3. The maximum atomic E-state index is 11.5. The number of rotatable bonds is 4. The molecule has 0 saturated carbocycles. The molecule has 0 heterocycles. The van der Waals surface area contributed by atoms with Crippen molar-refractivity contribution in [2.24, 2.45) is 0 Å². The van der Waals surface area contributed by atoms with Gasteiger partial charge in [-0.15, -0.1) is 0 Å². The minimum Gasteiger partial charge on any atom is -0.465 e. The third-order valence-corrected chi connectivity index (χ3v) is 2.15. The Hall–Kier alpha value is -1.91. The molecule has 0 aliphatic heterocycles. The van der Waals surface area contributed by atoms with Gasteiger partial charge in [-0.1, -0.05) is 6.92 Å². The van der Waals surface area contributed by atoms with Crippen molar-refractivity contribution in [3.8, 4) is 0 Å². The normalized spacial score (nSPS) is 9.88. The first-order valence-electron chi connectivity index (χ1n) is 5.11. The minimum atomic E-state index is -0.447. The average Bonchev–Trinajstić information content (AvgIpc) is 2.26. The molecule has 1 rings (SSSR count). The molecule has 5 nitrogen and oxygen atoms in total. The number of anilines is 3. The van der Waals surface area contributed by atoms with Gasteiger partial charge in [0, 0.05) is 12.2 Å². The Morgan fingerprint density at radius 1 is 1.44 bits per heavy atom. The number of methoxy groups -OCH3 is 1. The van der Waals surface area contributed by atoms with Crippen molar-refractivity contribution in [1.29, 1.82) is 0 Å². The summed E-state index contributed by atoms with van der Waals surface area (Å²) in [6, 6.07) is 3.17. The van der Waals surface area contributed by atoms with Crippen molar-refractivity contribution in [2.45, 2.75) is 13.3 Å². The van der Waals surface area contributed by atoms with E-state index in [0.717, 1.165) is 13.0 Å². The summed E-state index contributed by atoms with van der Waals surface area (Å²) in [6.07, 6.45) is 0.935. The summed E-state index contributed by atoms with van der Waals surface area (Å²) in [5, 5.41) is 3.09. The topological polar surface area (TPSA) is 90.4 Å². The van der Waals surface area contributed by atoms with E-state index in [1.807, 2.05) is 6.92 Å². The molecule has 0 spiro atoms. The molecule has 0 radical (unpaired) electrons. The zero-order valence-corrected chi connectivity index (χ0v) is 9.54. The van der Waals surface area contributed by atoms with Crippen LogP contribution in [0.5, 0.6) is 0 Å². The average molecular weight is 223 g/mol. The fraction of sp³-hybridized carbons (Fsp3) is 0.364. The van der Waals surface area contributed by atoms with Gasteiger partial charge in [0.15, 0.2) is 0 Å². The molecule has 0 fully saturated rings. The van der Waals surface area contributed by atoms with Crippen LogP contribution in [0.25, 0.3) is 0 Å². The van der Waals surface area contributed by atoms with Crippen molar-refractivity contribution in [1.82, 2.24) is 0 Å². The van der Waals surface area contributed by atoms with Gasteiger partial charge in [0.05, 0.1) is 24.0 Å². The number of ether oxygens (including phenoxy) is 1. The van der Waals surface area contributed by atoms with Crippen molar-refractivity contribution in [3.63, 3.8) is 0 Å². The summed E-state index contributed by atoms with van der Waals surface area (Å²) in [4.78, 5) is 11.5. The molecule has 0 unspecified atom stereocenters. The maximum absolute atomic E-state index is 11.5. The number of esters is 1. The van der Waals surface area contributed by atoms with Crippen LogP contribution in [0.4, 0.5) is 17.1 Å². The lowest BCUT2D eigenvalue weighted by Crippen LogP contribution is -2.12. The Kier molecular flexibility index (Phi) is 3.99. The van der Waals surface area contributed by atoms with E-state index >= 15 is 0 Å². The van der Waals surface area contributed by atoms with E-state index in [1.54, 1.807) is 12.1 Å². The number of nitrogens with one attached hydrogen (secondary N) is 1. The van der Waals surface area contributed by atoms with Crippen LogP contribution < -0.4 is 16.8 Å². The van der Waals surface area contributed by atoms with Crippen LogP contribution in [0.2, 0.25) is 0 Å². The summed E-state index contributed by atoms with van der Waals surface area (Å²) in [7, 11) is 1.32. The smallest absolute Gasteiger partial charge is 0.340 e. The van der Waals surface area contributed by atoms with Gasteiger partial charge < -0.3 is 21.5 Å². The van der Waals surface area contributed by atoms with Crippen LogP contribution in [-0.2, 0) is 4.74 Å². The summed E-state index contributed by atoms with van der Waals surface area (Å²) in [5.41, 5.74) is 13.3. The Morgan fingerprint density at radius 3 is 2.69 bits per heavy atom. The summed E-state index contributed by atoms with van der Waals surface area (Å²) < 4.78 is 4.68. The van der Waals surface area contributed by atoms with Crippen LogP contribution >= 0.6 is 0 Å². The van der Waals surface area contributed by atoms with E-state index in [2.05, 4.69) is 10.1 Å². The highest BCUT2D eigenvalue weighted by molar-refractivity contribution is 6.00. The van der Waals surface area contributed by atoms with Gasteiger partial charge in [-0.05, 0) is 18.6 Å². The second-order valence-electron chi connectivity index (χ2n) is 3.45. The van der Waals surface area contributed by atoms with E-state index in [9.17, 15) is 4.79 Å². The summed E-state index contributed by atoms with van der Waals surface area (Å²) in [5.74, 6) is -0.447. The highest BCUT2D eigenvalue weighted by Crippen LogP contribution is 2.27. The van der Waals surface area contributed by atoms with Gasteiger partial charge in [0.1, 0.15) is 0 Å². The Labute approximate surface area is 94.8 Å². The number of nitrogens with two attached hydrogens (primary N) is 2. The molecule has 5 N–H and O–H groups in total. The number of hydrogen-bond donors (Lipinski definition) is 3. The highest BCUT2D eigenvalue weighted by Gasteiger charge is 2.15. The van der Waals surface area contributed by atoms with Gasteiger partial charge in [0.2, 0.25) is 0 Å². The molecule has 5 heteroatoms. The molecule has 0 aliphatic rings. The van der Waals surface area contributed by atoms with E-state index in [4.69, 9.17) is 11.5 Å². The van der Waals surface area contributed by atoms with Gasteiger partial charge in [-0.2, -0.15) is 0 Å². The number of nitrogen functional groups attached to an aromatic ring is 2. The summed E-state index contributed by atoms with van der Waals surface area (Å²) in [6.45, 7) is 2.76. The maximum Gasteiger partial charge on any atom is 0.340 e. The van der Waals surface area contributed by atoms with E-state index in [1.165, 1.54) is 7.11 Å². The van der Waals surface area contributed by atoms with Gasteiger partial charge >= 0.3 is 5.97 Å². The largest absolute Gasteiger partial charge is 0.465 e. The van der Waals surface area contributed by atoms with Crippen LogP contribution in [0.15, 0.2) is 12.1 Å². The van der Waals surface area contributed by atoms with E-state index in [0.29, 0.717) is 22.6 Å². The molecular weight excluding hydrogens is 206 g/mol. The van der Waals surface area contributed by atoms with Crippen LogP contribution in [0.1, 0.15) is 23.7 Å². The third kappa shape index (κ3) is 2.56. The van der Waals surface area contributed by atoms with E-state index in [-0.39, 0.29) is 0 Å². The molecule has 0 saturated heterocycles. The lowest BCUT2D eigenvalue weighted by Gasteiger charge is -2.13. The number of carbonyl (C=O) groups is 1. The van der Waals surface area contributed by atoms with E-state index < -0.39 is 5.97 Å². The third-order valence-electron chi connectivity index (χ3n) is 2.15. The van der Waals surface area contributed by atoms with Gasteiger partial charge in [0.25, 0.3) is 0 Å². The van der Waals surface area contributed by atoms with Crippen LogP contribution in [-0.4, -0.2) is 19.6 Å². The Bertz CT molecular complexity index is 391. The first-order chi connectivity index (χ1) is 7.60. The number of hydrogen-bond acceptors (Lipinski definition) is 5. The summed E-state index contributed by atoms with van der Waals surface area (Å²) >= 11 is 0. The predicted octanol–water partition coefficient (Wildman–Crippen LogP) is 1.46. The molecule has 1 aromatic carbocycles. The SMILES string of the molecule is CCCNc1c(N)cc(N)cc1C(=O)OC. The lowest BCUT2D eigenvalue weighted by molar-refractivity contribution is 0.0602.